The number of hydrogen-bond donors (Lipinski definition) is 2. The Morgan fingerprint density at radius 2 is 2.18 bits per heavy atom. The summed E-state index contributed by atoms with van der Waals surface area (Å²) in [6.45, 7) is 3.80. The first kappa shape index (κ1) is 12.2. The van der Waals surface area contributed by atoms with Gasteiger partial charge in [0.25, 0.3) is 0 Å². The number of halogens is 1. The summed E-state index contributed by atoms with van der Waals surface area (Å²) in [6.07, 6.45) is 2.21. The average Bonchev–Trinajstić information content (AvgIpc) is 3.08. The van der Waals surface area contributed by atoms with E-state index in [0.29, 0.717) is 11.1 Å². The van der Waals surface area contributed by atoms with Gasteiger partial charge in [0.2, 0.25) is 5.91 Å². The second-order valence-corrected chi connectivity index (χ2v) is 4.97. The molecule has 1 saturated carbocycles. The molecule has 1 aliphatic carbocycles. The van der Waals surface area contributed by atoms with Crippen molar-refractivity contribution in [2.45, 2.75) is 38.8 Å². The summed E-state index contributed by atoms with van der Waals surface area (Å²) < 4.78 is 0. The number of benzene rings is 1. The normalized spacial score (nSPS) is 16.4. The van der Waals surface area contributed by atoms with E-state index in [4.69, 9.17) is 11.6 Å². The molecule has 0 saturated heterocycles. The molecule has 2 N–H and O–H groups in total. The van der Waals surface area contributed by atoms with Gasteiger partial charge in [0.05, 0.1) is 0 Å². The second kappa shape index (κ2) is 4.96. The van der Waals surface area contributed by atoms with Gasteiger partial charge >= 0.3 is 0 Å². The van der Waals surface area contributed by atoms with E-state index in [1.165, 1.54) is 0 Å². The molecule has 2 rings (SSSR count). The minimum Gasteiger partial charge on any atom is -0.374 e. The van der Waals surface area contributed by atoms with E-state index in [-0.39, 0.29) is 11.9 Å². The van der Waals surface area contributed by atoms with Gasteiger partial charge in [-0.3, -0.25) is 4.79 Å². The van der Waals surface area contributed by atoms with Crippen LogP contribution < -0.4 is 10.6 Å². The van der Waals surface area contributed by atoms with E-state index in [1.54, 1.807) is 0 Å². The van der Waals surface area contributed by atoms with E-state index in [9.17, 15) is 4.79 Å². The lowest BCUT2D eigenvalue weighted by molar-refractivity contribution is -0.121. The largest absolute Gasteiger partial charge is 0.374 e. The molecule has 1 aliphatic rings. The molecule has 1 aromatic carbocycles. The predicted molar refractivity (Wildman–Crippen MR) is 70.4 cm³/mol. The zero-order valence-electron chi connectivity index (χ0n) is 10.1. The van der Waals surface area contributed by atoms with Gasteiger partial charge in [-0.2, -0.15) is 0 Å². The first-order valence-corrected chi connectivity index (χ1v) is 6.27. The molecular formula is C13H17ClN2O. The summed E-state index contributed by atoms with van der Waals surface area (Å²) in [5, 5.41) is 6.87. The highest BCUT2D eigenvalue weighted by Crippen LogP contribution is 2.24. The Morgan fingerprint density at radius 3 is 2.82 bits per heavy atom. The zero-order chi connectivity index (χ0) is 12.4. The van der Waals surface area contributed by atoms with Crippen LogP contribution in [0, 0.1) is 6.92 Å². The lowest BCUT2D eigenvalue weighted by Crippen LogP contribution is -2.38. The van der Waals surface area contributed by atoms with Gasteiger partial charge in [-0.1, -0.05) is 17.7 Å². The molecule has 1 fully saturated rings. The molecule has 0 unspecified atom stereocenters. The minimum absolute atomic E-state index is 0.0480. The van der Waals surface area contributed by atoms with E-state index in [0.717, 1.165) is 24.1 Å². The van der Waals surface area contributed by atoms with Crippen molar-refractivity contribution in [1.82, 2.24) is 5.32 Å². The molecule has 17 heavy (non-hydrogen) atoms. The summed E-state index contributed by atoms with van der Waals surface area (Å²) in [4.78, 5) is 11.8. The Kier molecular flexibility index (Phi) is 3.57. The SMILES string of the molecule is Cc1c(Cl)cccc1N[C@@H](C)C(=O)NC1CC1. The van der Waals surface area contributed by atoms with Crippen molar-refractivity contribution >= 4 is 23.2 Å². The third-order valence-electron chi connectivity index (χ3n) is 2.96. The quantitative estimate of drug-likeness (QED) is 0.865. The third kappa shape index (κ3) is 3.13. The molecular weight excluding hydrogens is 236 g/mol. The summed E-state index contributed by atoms with van der Waals surface area (Å²) in [5.74, 6) is 0.0480. The smallest absolute Gasteiger partial charge is 0.242 e. The highest BCUT2D eigenvalue weighted by Gasteiger charge is 2.25. The van der Waals surface area contributed by atoms with Crippen LogP contribution >= 0.6 is 11.6 Å². The fourth-order valence-corrected chi connectivity index (χ4v) is 1.79. The van der Waals surface area contributed by atoms with Crippen LogP contribution in [-0.4, -0.2) is 18.0 Å². The fraction of sp³-hybridized carbons (Fsp3) is 0.462. The van der Waals surface area contributed by atoms with E-state index >= 15 is 0 Å². The highest BCUT2D eigenvalue weighted by molar-refractivity contribution is 6.31. The average molecular weight is 253 g/mol. The number of carbonyl (C=O) groups is 1. The zero-order valence-corrected chi connectivity index (χ0v) is 10.8. The lowest BCUT2D eigenvalue weighted by atomic mass is 10.2. The van der Waals surface area contributed by atoms with Crippen molar-refractivity contribution in [1.29, 1.82) is 0 Å². The molecule has 0 spiro atoms. The van der Waals surface area contributed by atoms with Gasteiger partial charge in [-0.25, -0.2) is 0 Å². The van der Waals surface area contributed by atoms with E-state index in [1.807, 2.05) is 32.0 Å². The number of carbonyl (C=O) groups excluding carboxylic acids is 1. The summed E-state index contributed by atoms with van der Waals surface area (Å²) in [5.41, 5.74) is 1.89. The molecule has 0 aliphatic heterocycles. The van der Waals surface area contributed by atoms with Gasteiger partial charge in [-0.15, -0.1) is 0 Å². The van der Waals surface area contributed by atoms with Crippen molar-refractivity contribution in [3.63, 3.8) is 0 Å². The standard InChI is InChI=1S/C13H17ClN2O/c1-8-11(14)4-3-5-12(8)15-9(2)13(17)16-10-6-7-10/h3-5,9-10,15H,6-7H2,1-2H3,(H,16,17)/t9-/m0/s1. The van der Waals surface area contributed by atoms with Crippen LogP contribution in [0.4, 0.5) is 5.69 Å². The molecule has 0 bridgehead atoms. The van der Waals surface area contributed by atoms with Gasteiger partial charge in [0, 0.05) is 16.8 Å². The van der Waals surface area contributed by atoms with E-state index < -0.39 is 0 Å². The molecule has 92 valence electrons. The van der Waals surface area contributed by atoms with Crippen molar-refractivity contribution in [2.75, 3.05) is 5.32 Å². The van der Waals surface area contributed by atoms with Gasteiger partial charge in [0.15, 0.2) is 0 Å². The number of rotatable bonds is 4. The molecule has 0 aromatic heterocycles. The monoisotopic (exact) mass is 252 g/mol. The van der Waals surface area contributed by atoms with Gasteiger partial charge in [0.1, 0.15) is 6.04 Å². The predicted octanol–water partition coefficient (Wildman–Crippen LogP) is 2.73. The van der Waals surface area contributed by atoms with Gasteiger partial charge in [-0.05, 0) is 44.4 Å². The molecule has 0 heterocycles. The van der Waals surface area contributed by atoms with Crippen molar-refractivity contribution < 1.29 is 4.79 Å². The van der Waals surface area contributed by atoms with Crippen LogP contribution in [0.5, 0.6) is 0 Å². The summed E-state index contributed by atoms with van der Waals surface area (Å²) in [7, 11) is 0. The third-order valence-corrected chi connectivity index (χ3v) is 3.37. The van der Waals surface area contributed by atoms with Crippen molar-refractivity contribution in [2.24, 2.45) is 0 Å². The van der Waals surface area contributed by atoms with Crippen LogP contribution in [0.2, 0.25) is 5.02 Å². The lowest BCUT2D eigenvalue weighted by Gasteiger charge is -2.17. The Labute approximate surface area is 107 Å². The number of amides is 1. The molecule has 4 heteroatoms. The van der Waals surface area contributed by atoms with Crippen molar-refractivity contribution in [3.05, 3.63) is 28.8 Å². The first-order chi connectivity index (χ1) is 8.08. The Bertz CT molecular complexity index is 429. The molecule has 0 radical (unpaired) electrons. The summed E-state index contributed by atoms with van der Waals surface area (Å²) >= 11 is 6.03. The minimum atomic E-state index is -0.243. The highest BCUT2D eigenvalue weighted by atomic mass is 35.5. The Morgan fingerprint density at radius 1 is 1.47 bits per heavy atom. The van der Waals surface area contributed by atoms with Crippen LogP contribution in [0.25, 0.3) is 0 Å². The van der Waals surface area contributed by atoms with Crippen molar-refractivity contribution in [3.8, 4) is 0 Å². The van der Waals surface area contributed by atoms with Crippen LogP contribution in [0.15, 0.2) is 18.2 Å². The topological polar surface area (TPSA) is 41.1 Å². The first-order valence-electron chi connectivity index (χ1n) is 5.90. The fourth-order valence-electron chi connectivity index (χ4n) is 1.62. The number of nitrogens with one attached hydrogen (secondary N) is 2. The molecule has 1 atom stereocenters. The Balaban J connectivity index is 1.99. The molecule has 1 aromatic rings. The maximum atomic E-state index is 11.8. The number of hydrogen-bond acceptors (Lipinski definition) is 2. The van der Waals surface area contributed by atoms with Crippen LogP contribution in [0.1, 0.15) is 25.3 Å². The van der Waals surface area contributed by atoms with E-state index in [2.05, 4.69) is 10.6 Å². The van der Waals surface area contributed by atoms with Gasteiger partial charge < -0.3 is 10.6 Å². The second-order valence-electron chi connectivity index (χ2n) is 4.56. The number of anilines is 1. The van der Waals surface area contributed by atoms with Crippen LogP contribution in [-0.2, 0) is 4.79 Å². The molecule has 1 amide bonds. The maximum Gasteiger partial charge on any atom is 0.242 e. The Hall–Kier alpha value is -1.22. The maximum absolute atomic E-state index is 11.8. The summed E-state index contributed by atoms with van der Waals surface area (Å²) in [6, 6.07) is 5.81. The molecule has 3 nitrogen and oxygen atoms in total. The van der Waals surface area contributed by atoms with Crippen LogP contribution in [0.3, 0.4) is 0 Å².